The van der Waals surface area contributed by atoms with Gasteiger partial charge in [-0.3, -0.25) is 4.79 Å². The Morgan fingerprint density at radius 3 is 1.92 bits per heavy atom. The fourth-order valence-corrected chi connectivity index (χ4v) is 1.64. The van der Waals surface area contributed by atoms with Gasteiger partial charge in [0.1, 0.15) is 0 Å². The molecule has 1 aromatic carbocycles. The molecule has 1 saturated heterocycles. The summed E-state index contributed by atoms with van der Waals surface area (Å²) in [6.07, 6.45) is -8.60. The Kier molecular flexibility index (Phi) is 6.79. The zero-order valence-corrected chi connectivity index (χ0v) is 12.5. The fourth-order valence-electron chi connectivity index (χ4n) is 1.64. The molecule has 0 aromatic heterocycles. The highest BCUT2D eigenvalue weighted by molar-refractivity contribution is 5.82. The predicted octanol–water partition coefficient (Wildman–Crippen LogP) is 2.32. The van der Waals surface area contributed by atoms with Crippen molar-refractivity contribution in [3.8, 4) is 0 Å². The molecule has 3 N–H and O–H groups in total. The van der Waals surface area contributed by atoms with Gasteiger partial charge in [0.15, 0.2) is 0 Å². The van der Waals surface area contributed by atoms with Gasteiger partial charge in [-0.2, -0.15) is 26.3 Å². The van der Waals surface area contributed by atoms with E-state index in [4.69, 9.17) is 9.90 Å². The molecule has 5 nitrogen and oxygen atoms in total. The fraction of sp³-hybridized carbons (Fsp3) is 0.429. The first-order valence-corrected chi connectivity index (χ1v) is 6.88. The molecule has 1 atom stereocenters. The summed E-state index contributed by atoms with van der Waals surface area (Å²) in [6.45, 7) is 1.08. The summed E-state index contributed by atoms with van der Waals surface area (Å²) in [7, 11) is 0. The van der Waals surface area contributed by atoms with Crippen molar-refractivity contribution in [2.24, 2.45) is 0 Å². The van der Waals surface area contributed by atoms with Gasteiger partial charge in [-0.1, -0.05) is 12.1 Å². The Balaban J connectivity index is 0.000000381. The molecule has 0 bridgehead atoms. The number of amides is 1. The predicted molar refractivity (Wildman–Crippen MR) is 73.4 cm³/mol. The molecule has 0 radical (unpaired) electrons. The van der Waals surface area contributed by atoms with Crippen molar-refractivity contribution < 1.29 is 41.0 Å². The molecule has 0 spiro atoms. The van der Waals surface area contributed by atoms with Gasteiger partial charge in [0.25, 0.3) is 0 Å². The number of halogens is 6. The number of carboxylic acids is 1. The third-order valence-corrected chi connectivity index (χ3v) is 3.13. The first-order chi connectivity index (χ1) is 11.4. The average molecular weight is 372 g/mol. The van der Waals surface area contributed by atoms with E-state index in [1.807, 2.05) is 0 Å². The van der Waals surface area contributed by atoms with E-state index >= 15 is 0 Å². The van der Waals surface area contributed by atoms with Crippen LogP contribution < -0.4 is 10.6 Å². The largest absolute Gasteiger partial charge is 0.490 e. The maximum absolute atomic E-state index is 12.3. The van der Waals surface area contributed by atoms with Crippen LogP contribution in [0.3, 0.4) is 0 Å². The normalized spacial score (nSPS) is 17.0. The Hall–Kier alpha value is -2.30. The number of rotatable bonds is 3. The van der Waals surface area contributed by atoms with E-state index in [2.05, 4.69) is 10.6 Å². The third kappa shape index (κ3) is 6.99. The smallest absolute Gasteiger partial charge is 0.475 e. The molecule has 140 valence electrons. The van der Waals surface area contributed by atoms with E-state index in [0.29, 0.717) is 5.56 Å². The van der Waals surface area contributed by atoms with Crippen molar-refractivity contribution in [2.45, 2.75) is 31.4 Å². The SMILES string of the molecule is O=C(NCc1ccc(C(F)(F)F)cc1)C1CCN1.O=C(O)C(F)(F)F. The topological polar surface area (TPSA) is 78.4 Å². The molecule has 1 aliphatic heterocycles. The van der Waals surface area contributed by atoms with Crippen LogP contribution in [0.2, 0.25) is 0 Å². The molecule has 1 heterocycles. The summed E-state index contributed by atoms with van der Waals surface area (Å²) in [6, 6.07) is 4.63. The molecule has 1 aliphatic rings. The molecule has 2 rings (SSSR count). The Morgan fingerprint density at radius 1 is 1.12 bits per heavy atom. The van der Waals surface area contributed by atoms with Crippen molar-refractivity contribution in [2.75, 3.05) is 6.54 Å². The van der Waals surface area contributed by atoms with Crippen LogP contribution in [-0.2, 0) is 22.3 Å². The van der Waals surface area contributed by atoms with Crippen LogP contribution in [-0.4, -0.2) is 35.7 Å². The molecule has 11 heteroatoms. The van der Waals surface area contributed by atoms with Gasteiger partial charge in [-0.25, -0.2) is 4.79 Å². The molecule has 1 unspecified atom stereocenters. The number of aliphatic carboxylic acids is 1. The quantitative estimate of drug-likeness (QED) is 0.712. The lowest BCUT2D eigenvalue weighted by Crippen LogP contribution is -2.52. The van der Waals surface area contributed by atoms with E-state index in [-0.39, 0.29) is 18.5 Å². The lowest BCUT2D eigenvalue weighted by molar-refractivity contribution is -0.192. The Bertz CT molecular complexity index is 594. The zero-order chi connectivity index (χ0) is 19.3. The van der Waals surface area contributed by atoms with Crippen LogP contribution in [0.25, 0.3) is 0 Å². The van der Waals surface area contributed by atoms with Gasteiger partial charge in [-0.05, 0) is 30.7 Å². The maximum Gasteiger partial charge on any atom is 0.490 e. The molecule has 1 amide bonds. The summed E-state index contributed by atoms with van der Waals surface area (Å²) >= 11 is 0. The summed E-state index contributed by atoms with van der Waals surface area (Å²) in [5.41, 5.74) is -0.0334. The van der Waals surface area contributed by atoms with E-state index in [1.165, 1.54) is 12.1 Å². The Labute approximate surface area is 138 Å². The van der Waals surface area contributed by atoms with Crippen molar-refractivity contribution in [1.82, 2.24) is 10.6 Å². The number of hydrogen-bond donors (Lipinski definition) is 3. The summed E-state index contributed by atoms with van der Waals surface area (Å²) in [5, 5.41) is 12.8. The van der Waals surface area contributed by atoms with E-state index in [0.717, 1.165) is 25.1 Å². The van der Waals surface area contributed by atoms with Crippen LogP contribution in [0, 0.1) is 0 Å². The van der Waals surface area contributed by atoms with Crippen LogP contribution >= 0.6 is 0 Å². The zero-order valence-electron chi connectivity index (χ0n) is 12.5. The molecular formula is C14H14F6N2O3. The van der Waals surface area contributed by atoms with E-state index in [1.54, 1.807) is 0 Å². The molecular weight excluding hydrogens is 358 g/mol. The number of nitrogens with one attached hydrogen (secondary N) is 2. The van der Waals surface area contributed by atoms with Crippen LogP contribution in [0.5, 0.6) is 0 Å². The number of carbonyl (C=O) groups excluding carboxylic acids is 1. The van der Waals surface area contributed by atoms with Gasteiger partial charge in [0.2, 0.25) is 5.91 Å². The van der Waals surface area contributed by atoms with Gasteiger partial charge in [-0.15, -0.1) is 0 Å². The second-order valence-corrected chi connectivity index (χ2v) is 5.01. The summed E-state index contributed by atoms with van der Waals surface area (Å²) < 4.78 is 68.7. The highest BCUT2D eigenvalue weighted by atomic mass is 19.4. The van der Waals surface area contributed by atoms with Crippen molar-refractivity contribution in [3.05, 3.63) is 35.4 Å². The second kappa shape index (κ2) is 8.19. The number of alkyl halides is 6. The first kappa shape index (κ1) is 20.7. The van der Waals surface area contributed by atoms with Crippen LogP contribution in [0.15, 0.2) is 24.3 Å². The standard InChI is InChI=1S/C12H13F3N2O.C2HF3O2/c13-12(14,15)9-3-1-8(2-4-9)7-17-11(18)10-5-6-16-10;3-2(4,5)1(6)7/h1-4,10,16H,5-7H2,(H,17,18);(H,6,7). The van der Waals surface area contributed by atoms with E-state index in [9.17, 15) is 31.1 Å². The molecule has 25 heavy (non-hydrogen) atoms. The first-order valence-electron chi connectivity index (χ1n) is 6.88. The van der Waals surface area contributed by atoms with Gasteiger partial charge in [0.05, 0.1) is 11.6 Å². The minimum Gasteiger partial charge on any atom is -0.475 e. The minimum atomic E-state index is -5.08. The Morgan fingerprint density at radius 2 is 1.60 bits per heavy atom. The molecule has 1 fully saturated rings. The average Bonchev–Trinajstić information content (AvgIpc) is 2.42. The third-order valence-electron chi connectivity index (χ3n) is 3.13. The number of carboxylic acid groups (broad SMARTS) is 1. The van der Waals surface area contributed by atoms with Gasteiger partial charge >= 0.3 is 18.3 Å². The van der Waals surface area contributed by atoms with Crippen LogP contribution in [0.4, 0.5) is 26.3 Å². The monoisotopic (exact) mass is 372 g/mol. The van der Waals surface area contributed by atoms with Gasteiger partial charge < -0.3 is 15.7 Å². The summed E-state index contributed by atoms with van der Waals surface area (Å²) in [4.78, 5) is 20.4. The minimum absolute atomic E-state index is 0.110. The molecule has 1 aromatic rings. The number of benzene rings is 1. The van der Waals surface area contributed by atoms with Crippen LogP contribution in [0.1, 0.15) is 17.5 Å². The summed E-state index contributed by atoms with van der Waals surface area (Å²) in [5.74, 6) is -2.87. The maximum atomic E-state index is 12.3. The lowest BCUT2D eigenvalue weighted by atomic mass is 10.1. The second-order valence-electron chi connectivity index (χ2n) is 5.01. The molecule has 0 aliphatic carbocycles. The van der Waals surface area contributed by atoms with Gasteiger partial charge in [0, 0.05) is 6.54 Å². The van der Waals surface area contributed by atoms with Crippen molar-refractivity contribution >= 4 is 11.9 Å². The van der Waals surface area contributed by atoms with E-state index < -0.39 is 23.9 Å². The van der Waals surface area contributed by atoms with Crippen molar-refractivity contribution in [3.63, 3.8) is 0 Å². The highest BCUT2D eigenvalue weighted by Gasteiger charge is 2.38. The highest BCUT2D eigenvalue weighted by Crippen LogP contribution is 2.29. The number of carbonyl (C=O) groups is 2. The van der Waals surface area contributed by atoms with Crippen molar-refractivity contribution in [1.29, 1.82) is 0 Å². The lowest BCUT2D eigenvalue weighted by Gasteiger charge is -2.26. The molecule has 0 saturated carbocycles. The number of hydrogen-bond acceptors (Lipinski definition) is 3.